The Morgan fingerprint density at radius 2 is 1.88 bits per heavy atom. The Labute approximate surface area is 99.8 Å². The third-order valence-corrected chi connectivity index (χ3v) is 3.76. The van der Waals surface area contributed by atoms with Crippen molar-refractivity contribution in [2.75, 3.05) is 13.1 Å². The van der Waals surface area contributed by atoms with Crippen molar-refractivity contribution in [3.8, 4) is 0 Å². The molecular weight excluding hydrogens is 202 g/mol. The van der Waals surface area contributed by atoms with Crippen molar-refractivity contribution in [1.29, 1.82) is 0 Å². The van der Waals surface area contributed by atoms with E-state index in [4.69, 9.17) is 4.74 Å². The fourth-order valence-corrected chi connectivity index (χ4v) is 2.59. The zero-order valence-corrected chi connectivity index (χ0v) is 11.3. The predicted molar refractivity (Wildman–Crippen MR) is 66.5 cm³/mol. The van der Waals surface area contributed by atoms with Crippen molar-refractivity contribution in [2.45, 2.75) is 65.4 Å². The molecule has 0 aromatic heterocycles. The Kier molecular flexibility index (Phi) is 5.22. The lowest BCUT2D eigenvalue weighted by Crippen LogP contribution is -2.55. The second kappa shape index (κ2) is 5.99. The third kappa shape index (κ3) is 2.96. The smallest absolute Gasteiger partial charge is 0.0954 e. The normalized spacial score (nSPS) is 36.0. The molecule has 0 saturated carbocycles. The lowest BCUT2D eigenvalue weighted by molar-refractivity contribution is -0.156. The van der Waals surface area contributed by atoms with E-state index in [1.807, 2.05) is 6.92 Å². The minimum Gasteiger partial charge on any atom is -0.389 e. The van der Waals surface area contributed by atoms with Gasteiger partial charge in [-0.25, -0.2) is 0 Å². The maximum atomic E-state index is 10.2. The molecular formula is C13H27NO2. The van der Waals surface area contributed by atoms with Crippen molar-refractivity contribution in [3.05, 3.63) is 0 Å². The van der Waals surface area contributed by atoms with Gasteiger partial charge in [0.15, 0.2) is 0 Å². The molecule has 3 heteroatoms. The summed E-state index contributed by atoms with van der Waals surface area (Å²) in [5.41, 5.74) is 0. The van der Waals surface area contributed by atoms with Crippen LogP contribution in [-0.2, 0) is 4.74 Å². The largest absolute Gasteiger partial charge is 0.389 e. The second-order valence-electron chi connectivity index (χ2n) is 5.14. The van der Waals surface area contributed by atoms with Crippen LogP contribution in [-0.4, -0.2) is 47.4 Å². The first-order chi connectivity index (χ1) is 7.51. The fourth-order valence-electron chi connectivity index (χ4n) is 2.59. The number of aliphatic hydroxyl groups is 1. The predicted octanol–water partition coefficient (Wildman–Crippen LogP) is 1.89. The molecule has 96 valence electrons. The molecule has 1 fully saturated rings. The van der Waals surface area contributed by atoms with E-state index >= 15 is 0 Å². The molecule has 3 nitrogen and oxygen atoms in total. The Morgan fingerprint density at radius 3 is 2.31 bits per heavy atom. The summed E-state index contributed by atoms with van der Waals surface area (Å²) in [4.78, 5) is 2.35. The van der Waals surface area contributed by atoms with Gasteiger partial charge in [-0.15, -0.1) is 0 Å². The van der Waals surface area contributed by atoms with Crippen LogP contribution in [0.1, 0.15) is 41.0 Å². The average molecular weight is 229 g/mol. The van der Waals surface area contributed by atoms with Gasteiger partial charge in [-0.05, 0) is 32.4 Å². The molecule has 0 aliphatic carbocycles. The molecule has 1 saturated heterocycles. The highest BCUT2D eigenvalue weighted by Crippen LogP contribution is 2.27. The van der Waals surface area contributed by atoms with Crippen LogP contribution in [0.2, 0.25) is 0 Å². The standard InChI is InChI=1S/C13H27NO2/c1-6-14(7-2)11-8-12(9(3)4)16-10(5)13(11)15/h9-13,15H,6-8H2,1-5H3. The molecule has 1 aliphatic rings. The highest BCUT2D eigenvalue weighted by molar-refractivity contribution is 4.90. The molecule has 0 amide bonds. The lowest BCUT2D eigenvalue weighted by Gasteiger charge is -2.44. The van der Waals surface area contributed by atoms with Crippen LogP contribution in [0.5, 0.6) is 0 Å². The van der Waals surface area contributed by atoms with Crippen LogP contribution in [0.4, 0.5) is 0 Å². The van der Waals surface area contributed by atoms with E-state index in [1.54, 1.807) is 0 Å². The molecule has 16 heavy (non-hydrogen) atoms. The number of nitrogens with zero attached hydrogens (tertiary/aromatic N) is 1. The number of likely N-dealkylation sites (N-methyl/N-ethyl adjacent to an activating group) is 1. The number of ether oxygens (including phenoxy) is 1. The SMILES string of the molecule is CCN(CC)C1CC(C(C)C)OC(C)C1O. The summed E-state index contributed by atoms with van der Waals surface area (Å²) >= 11 is 0. The Hall–Kier alpha value is -0.120. The summed E-state index contributed by atoms with van der Waals surface area (Å²) in [6, 6.07) is 0.256. The first-order valence-electron chi connectivity index (χ1n) is 6.58. The molecule has 0 aromatic rings. The molecule has 0 spiro atoms. The van der Waals surface area contributed by atoms with Crippen LogP contribution in [0, 0.1) is 5.92 Å². The van der Waals surface area contributed by atoms with Gasteiger partial charge < -0.3 is 9.84 Å². The van der Waals surface area contributed by atoms with E-state index in [0.29, 0.717) is 5.92 Å². The third-order valence-electron chi connectivity index (χ3n) is 3.76. The molecule has 4 atom stereocenters. The molecule has 0 aromatic carbocycles. The molecule has 0 radical (unpaired) electrons. The van der Waals surface area contributed by atoms with Gasteiger partial charge in [-0.2, -0.15) is 0 Å². The summed E-state index contributed by atoms with van der Waals surface area (Å²) in [7, 11) is 0. The quantitative estimate of drug-likeness (QED) is 0.799. The Balaban J connectivity index is 2.72. The summed E-state index contributed by atoms with van der Waals surface area (Å²) in [6.45, 7) is 12.7. The van der Waals surface area contributed by atoms with Gasteiger partial charge in [0.05, 0.1) is 18.3 Å². The van der Waals surface area contributed by atoms with Crippen molar-refractivity contribution < 1.29 is 9.84 Å². The van der Waals surface area contributed by atoms with E-state index in [1.165, 1.54) is 0 Å². The van der Waals surface area contributed by atoms with Gasteiger partial charge in [-0.3, -0.25) is 4.90 Å². The molecule has 1 aliphatic heterocycles. The summed E-state index contributed by atoms with van der Waals surface area (Å²) in [6.07, 6.45) is 0.829. The maximum Gasteiger partial charge on any atom is 0.0954 e. The zero-order valence-electron chi connectivity index (χ0n) is 11.3. The fraction of sp³-hybridized carbons (Fsp3) is 1.00. The molecule has 1 rings (SSSR count). The number of rotatable bonds is 4. The van der Waals surface area contributed by atoms with E-state index in [0.717, 1.165) is 19.5 Å². The minimum atomic E-state index is -0.352. The van der Waals surface area contributed by atoms with Gasteiger partial charge in [0.1, 0.15) is 0 Å². The van der Waals surface area contributed by atoms with E-state index in [-0.39, 0.29) is 24.4 Å². The van der Waals surface area contributed by atoms with Crippen molar-refractivity contribution in [2.24, 2.45) is 5.92 Å². The molecule has 0 bridgehead atoms. The van der Waals surface area contributed by atoms with Gasteiger partial charge in [0.2, 0.25) is 0 Å². The number of aliphatic hydroxyl groups excluding tert-OH is 1. The average Bonchev–Trinajstić information content (AvgIpc) is 2.25. The van der Waals surface area contributed by atoms with Gasteiger partial charge in [-0.1, -0.05) is 27.7 Å². The van der Waals surface area contributed by atoms with Gasteiger partial charge in [0, 0.05) is 6.04 Å². The van der Waals surface area contributed by atoms with Crippen LogP contribution in [0.3, 0.4) is 0 Å². The molecule has 1 heterocycles. The number of hydrogen-bond donors (Lipinski definition) is 1. The minimum absolute atomic E-state index is 0.0493. The summed E-state index contributed by atoms with van der Waals surface area (Å²) in [5, 5.41) is 10.2. The topological polar surface area (TPSA) is 32.7 Å². The molecule has 4 unspecified atom stereocenters. The van der Waals surface area contributed by atoms with E-state index < -0.39 is 0 Å². The summed E-state index contributed by atoms with van der Waals surface area (Å²) in [5.74, 6) is 0.521. The maximum absolute atomic E-state index is 10.2. The Bertz CT molecular complexity index is 202. The Morgan fingerprint density at radius 1 is 1.31 bits per heavy atom. The van der Waals surface area contributed by atoms with Crippen molar-refractivity contribution >= 4 is 0 Å². The van der Waals surface area contributed by atoms with Crippen LogP contribution in [0.25, 0.3) is 0 Å². The van der Waals surface area contributed by atoms with Crippen LogP contribution in [0.15, 0.2) is 0 Å². The monoisotopic (exact) mass is 229 g/mol. The first kappa shape index (κ1) is 13.9. The zero-order chi connectivity index (χ0) is 12.3. The van der Waals surface area contributed by atoms with Crippen molar-refractivity contribution in [3.63, 3.8) is 0 Å². The second-order valence-corrected chi connectivity index (χ2v) is 5.14. The van der Waals surface area contributed by atoms with Gasteiger partial charge >= 0.3 is 0 Å². The highest BCUT2D eigenvalue weighted by atomic mass is 16.5. The number of hydrogen-bond acceptors (Lipinski definition) is 3. The van der Waals surface area contributed by atoms with Crippen LogP contribution >= 0.6 is 0 Å². The summed E-state index contributed by atoms with van der Waals surface area (Å²) < 4.78 is 5.85. The first-order valence-corrected chi connectivity index (χ1v) is 6.58. The van der Waals surface area contributed by atoms with Crippen LogP contribution < -0.4 is 0 Å². The molecule has 1 N–H and O–H groups in total. The van der Waals surface area contributed by atoms with E-state index in [9.17, 15) is 5.11 Å². The lowest BCUT2D eigenvalue weighted by atomic mass is 9.89. The highest BCUT2D eigenvalue weighted by Gasteiger charge is 2.38. The van der Waals surface area contributed by atoms with Crippen molar-refractivity contribution in [1.82, 2.24) is 4.90 Å². The van der Waals surface area contributed by atoms with E-state index in [2.05, 4.69) is 32.6 Å². The van der Waals surface area contributed by atoms with Gasteiger partial charge in [0.25, 0.3) is 0 Å².